The normalized spacial score (nSPS) is 11.9. The lowest BCUT2D eigenvalue weighted by Crippen LogP contribution is -2.24. The maximum absolute atomic E-state index is 11.9. The van der Waals surface area contributed by atoms with Gasteiger partial charge in [-0.05, 0) is 17.0 Å². The van der Waals surface area contributed by atoms with Crippen molar-refractivity contribution < 1.29 is 4.79 Å². The molecular formula is C14H11N3OS. The highest BCUT2D eigenvalue weighted by molar-refractivity contribution is 7.11. The lowest BCUT2D eigenvalue weighted by molar-refractivity contribution is -0.121. The van der Waals surface area contributed by atoms with Crippen molar-refractivity contribution in [2.45, 2.75) is 5.92 Å². The van der Waals surface area contributed by atoms with E-state index in [0.717, 1.165) is 4.88 Å². The Morgan fingerprint density at radius 1 is 1.32 bits per heavy atom. The number of amides is 1. The molecule has 94 valence electrons. The third-order valence-electron chi connectivity index (χ3n) is 2.43. The number of hydrogen-bond donors (Lipinski definition) is 1. The molecule has 0 aliphatic carbocycles. The molecule has 0 saturated carbocycles. The van der Waals surface area contributed by atoms with Crippen LogP contribution < -0.4 is 5.43 Å². The summed E-state index contributed by atoms with van der Waals surface area (Å²) in [5.41, 5.74) is 3.05. The lowest BCUT2D eigenvalue weighted by Gasteiger charge is -2.06. The van der Waals surface area contributed by atoms with Gasteiger partial charge in [-0.15, -0.1) is 11.3 Å². The van der Waals surface area contributed by atoms with E-state index in [0.29, 0.717) is 5.56 Å². The van der Waals surface area contributed by atoms with E-state index in [1.165, 1.54) is 11.3 Å². The number of rotatable bonds is 4. The van der Waals surface area contributed by atoms with E-state index in [4.69, 9.17) is 5.26 Å². The number of thiophene rings is 1. The van der Waals surface area contributed by atoms with E-state index in [1.807, 2.05) is 29.6 Å². The highest BCUT2D eigenvalue weighted by atomic mass is 32.1. The number of carbonyl (C=O) groups is 1. The van der Waals surface area contributed by atoms with Crippen LogP contribution in [0.4, 0.5) is 0 Å². The van der Waals surface area contributed by atoms with Crippen LogP contribution >= 0.6 is 11.3 Å². The highest BCUT2D eigenvalue weighted by Gasteiger charge is 2.19. The van der Waals surface area contributed by atoms with Crippen LogP contribution in [-0.2, 0) is 4.79 Å². The molecule has 1 atom stereocenters. The first kappa shape index (κ1) is 13.0. The van der Waals surface area contributed by atoms with Crippen LogP contribution in [-0.4, -0.2) is 12.1 Å². The summed E-state index contributed by atoms with van der Waals surface area (Å²) in [6, 6.07) is 14.7. The van der Waals surface area contributed by atoms with Crippen molar-refractivity contribution in [2.75, 3.05) is 0 Å². The molecular weight excluding hydrogens is 258 g/mol. The van der Waals surface area contributed by atoms with Crippen molar-refractivity contribution in [3.8, 4) is 6.07 Å². The summed E-state index contributed by atoms with van der Waals surface area (Å²) >= 11 is 1.52. The van der Waals surface area contributed by atoms with Crippen LogP contribution in [0.5, 0.6) is 0 Å². The highest BCUT2D eigenvalue weighted by Crippen LogP contribution is 2.14. The first-order valence-corrected chi connectivity index (χ1v) is 6.50. The van der Waals surface area contributed by atoms with Crippen molar-refractivity contribution in [2.24, 2.45) is 5.10 Å². The molecule has 0 radical (unpaired) electrons. The minimum Gasteiger partial charge on any atom is -0.271 e. The van der Waals surface area contributed by atoms with Gasteiger partial charge in [0, 0.05) is 4.88 Å². The summed E-state index contributed by atoms with van der Waals surface area (Å²) in [6.45, 7) is 0. The minimum absolute atomic E-state index is 0.429. The first-order valence-electron chi connectivity index (χ1n) is 5.62. The van der Waals surface area contributed by atoms with Gasteiger partial charge in [0.15, 0.2) is 5.92 Å². The van der Waals surface area contributed by atoms with E-state index >= 15 is 0 Å². The molecule has 0 aliphatic rings. The van der Waals surface area contributed by atoms with Crippen LogP contribution in [0, 0.1) is 11.3 Å². The van der Waals surface area contributed by atoms with Crippen LogP contribution in [0.2, 0.25) is 0 Å². The van der Waals surface area contributed by atoms with Crippen molar-refractivity contribution in [1.82, 2.24) is 5.43 Å². The Morgan fingerprint density at radius 2 is 2.11 bits per heavy atom. The fraction of sp³-hybridized carbons (Fsp3) is 0.0714. The molecule has 0 bridgehead atoms. The zero-order valence-electron chi connectivity index (χ0n) is 9.98. The molecule has 1 aromatic carbocycles. The van der Waals surface area contributed by atoms with Crippen LogP contribution in [0.15, 0.2) is 52.9 Å². The number of nitrogens with zero attached hydrogens (tertiary/aromatic N) is 2. The standard InChI is InChI=1S/C14H11N3OS/c15-9-13(11-5-2-1-3-6-11)14(18)17-16-10-12-7-4-8-19-12/h1-8,10,13H,(H,17,18)/b16-10-/t13-/m1/s1. The van der Waals surface area contributed by atoms with Crippen molar-refractivity contribution in [1.29, 1.82) is 5.26 Å². The third-order valence-corrected chi connectivity index (χ3v) is 3.24. The fourth-order valence-electron chi connectivity index (χ4n) is 1.52. The molecule has 1 aromatic heterocycles. The van der Waals surface area contributed by atoms with Gasteiger partial charge in [-0.3, -0.25) is 4.79 Å². The minimum atomic E-state index is -0.846. The summed E-state index contributed by atoms with van der Waals surface area (Å²) in [4.78, 5) is 12.8. The number of nitrogens with one attached hydrogen (secondary N) is 1. The molecule has 1 amide bonds. The topological polar surface area (TPSA) is 65.2 Å². The zero-order valence-corrected chi connectivity index (χ0v) is 10.8. The Kier molecular flexibility index (Phi) is 4.43. The van der Waals surface area contributed by atoms with E-state index in [2.05, 4.69) is 10.5 Å². The lowest BCUT2D eigenvalue weighted by atomic mass is 10.0. The van der Waals surface area contributed by atoms with E-state index in [9.17, 15) is 4.79 Å². The van der Waals surface area contributed by atoms with Gasteiger partial charge in [0.2, 0.25) is 0 Å². The molecule has 2 aromatic rings. The Bertz CT molecular complexity index is 599. The smallest absolute Gasteiger partial charge is 0.261 e. The average Bonchev–Trinajstić information content (AvgIpc) is 2.94. The molecule has 2 rings (SSSR count). The molecule has 0 fully saturated rings. The van der Waals surface area contributed by atoms with E-state index in [1.54, 1.807) is 30.5 Å². The maximum atomic E-state index is 11.9. The second-order valence-corrected chi connectivity index (χ2v) is 4.70. The van der Waals surface area contributed by atoms with Gasteiger partial charge in [0.05, 0.1) is 12.3 Å². The van der Waals surface area contributed by atoms with Gasteiger partial charge in [-0.25, -0.2) is 5.43 Å². The molecule has 5 heteroatoms. The van der Waals surface area contributed by atoms with Crippen molar-refractivity contribution in [3.05, 3.63) is 58.3 Å². The predicted octanol–water partition coefficient (Wildman–Crippen LogP) is 2.51. The summed E-state index contributed by atoms with van der Waals surface area (Å²) in [7, 11) is 0. The second kappa shape index (κ2) is 6.47. The molecule has 0 saturated heterocycles. The Labute approximate surface area is 115 Å². The maximum Gasteiger partial charge on any atom is 0.261 e. The van der Waals surface area contributed by atoms with Gasteiger partial charge in [0.25, 0.3) is 5.91 Å². The summed E-state index contributed by atoms with van der Waals surface area (Å²) < 4.78 is 0. The Balaban J connectivity index is 2.01. The molecule has 4 nitrogen and oxygen atoms in total. The Morgan fingerprint density at radius 3 is 2.74 bits per heavy atom. The Hall–Kier alpha value is -2.45. The van der Waals surface area contributed by atoms with Crippen LogP contribution in [0.3, 0.4) is 0 Å². The largest absolute Gasteiger partial charge is 0.271 e. The molecule has 1 N–H and O–H groups in total. The first-order chi connectivity index (χ1) is 9.31. The number of hydrazone groups is 1. The molecule has 19 heavy (non-hydrogen) atoms. The zero-order chi connectivity index (χ0) is 13.5. The molecule has 1 heterocycles. The fourth-order valence-corrected chi connectivity index (χ4v) is 2.10. The van der Waals surface area contributed by atoms with Gasteiger partial charge in [-0.1, -0.05) is 36.4 Å². The van der Waals surface area contributed by atoms with Gasteiger partial charge in [-0.2, -0.15) is 10.4 Å². The number of carbonyl (C=O) groups excluding carboxylic acids is 1. The van der Waals surface area contributed by atoms with E-state index in [-0.39, 0.29) is 0 Å². The molecule has 0 spiro atoms. The van der Waals surface area contributed by atoms with Crippen LogP contribution in [0.25, 0.3) is 0 Å². The van der Waals surface area contributed by atoms with Gasteiger partial charge < -0.3 is 0 Å². The monoisotopic (exact) mass is 269 g/mol. The van der Waals surface area contributed by atoms with Gasteiger partial charge in [0.1, 0.15) is 0 Å². The van der Waals surface area contributed by atoms with Crippen molar-refractivity contribution in [3.63, 3.8) is 0 Å². The van der Waals surface area contributed by atoms with E-state index < -0.39 is 11.8 Å². The predicted molar refractivity (Wildman–Crippen MR) is 74.9 cm³/mol. The molecule has 0 unspecified atom stereocenters. The summed E-state index contributed by atoms with van der Waals surface area (Å²) in [5.74, 6) is -1.27. The van der Waals surface area contributed by atoms with Crippen LogP contribution in [0.1, 0.15) is 16.4 Å². The number of benzene rings is 1. The molecule has 0 aliphatic heterocycles. The number of hydrogen-bond acceptors (Lipinski definition) is 4. The second-order valence-electron chi connectivity index (χ2n) is 3.72. The summed E-state index contributed by atoms with van der Waals surface area (Å²) in [5, 5.41) is 14.8. The van der Waals surface area contributed by atoms with Gasteiger partial charge >= 0.3 is 0 Å². The third kappa shape index (κ3) is 3.50. The average molecular weight is 269 g/mol. The quantitative estimate of drug-likeness (QED) is 0.684. The van der Waals surface area contributed by atoms with Crippen molar-refractivity contribution >= 4 is 23.5 Å². The summed E-state index contributed by atoms with van der Waals surface area (Å²) in [6.07, 6.45) is 1.56. The SMILES string of the molecule is N#C[C@@H](C(=O)N/N=C\c1cccs1)c1ccccc1. The number of nitriles is 1.